The molecule has 7 nitrogen and oxygen atoms in total. The van der Waals surface area contributed by atoms with Gasteiger partial charge < -0.3 is 19.9 Å². The molecule has 174 valence electrons. The smallest absolute Gasteiger partial charge is 0.266 e. The van der Waals surface area contributed by atoms with Crippen LogP contribution in [-0.2, 0) is 0 Å². The number of hydrogen-bond donors (Lipinski definition) is 1. The number of piperazine rings is 1. The summed E-state index contributed by atoms with van der Waals surface area (Å²) in [6, 6.07) is 15.2. The van der Waals surface area contributed by atoms with Gasteiger partial charge in [-0.05, 0) is 42.8 Å². The third-order valence-electron chi connectivity index (χ3n) is 6.00. The molecule has 34 heavy (non-hydrogen) atoms. The zero-order valence-electron chi connectivity index (χ0n) is 18.9. The number of amides is 1. The van der Waals surface area contributed by atoms with E-state index in [9.17, 15) is 4.79 Å². The Hall–Kier alpha value is -3.36. The number of fused-ring (bicyclic) bond motifs is 1. The van der Waals surface area contributed by atoms with E-state index in [0.29, 0.717) is 15.6 Å². The maximum absolute atomic E-state index is 13.0. The first kappa shape index (κ1) is 22.4. The summed E-state index contributed by atoms with van der Waals surface area (Å²) in [5, 5.41) is 4.46. The number of ether oxygens (including phenoxy) is 1. The molecule has 4 aromatic rings. The maximum atomic E-state index is 13.0. The lowest BCUT2D eigenvalue weighted by atomic mass is 10.1. The summed E-state index contributed by atoms with van der Waals surface area (Å²) < 4.78 is 5.54. The molecule has 1 saturated heterocycles. The van der Waals surface area contributed by atoms with Gasteiger partial charge in [-0.25, -0.2) is 9.97 Å². The minimum atomic E-state index is -0.172. The molecule has 1 aliphatic rings. The number of halogens is 1. The molecule has 9 heteroatoms. The monoisotopic (exact) mass is 493 g/mol. The molecular weight excluding hydrogens is 470 g/mol. The Morgan fingerprint density at radius 1 is 1.06 bits per heavy atom. The number of aryl methyl sites for hydroxylation is 1. The number of para-hydroxylation sites is 2. The van der Waals surface area contributed by atoms with E-state index in [1.165, 1.54) is 11.3 Å². The summed E-state index contributed by atoms with van der Waals surface area (Å²) in [5.74, 6) is 1.58. The predicted octanol–water partition coefficient (Wildman–Crippen LogP) is 5.24. The highest BCUT2D eigenvalue weighted by atomic mass is 35.5. The van der Waals surface area contributed by atoms with Crippen molar-refractivity contribution in [2.24, 2.45) is 0 Å². The van der Waals surface area contributed by atoms with Gasteiger partial charge in [0.25, 0.3) is 5.91 Å². The van der Waals surface area contributed by atoms with Crippen LogP contribution in [0.2, 0.25) is 5.02 Å². The molecule has 0 spiro atoms. The van der Waals surface area contributed by atoms with Crippen LogP contribution >= 0.6 is 22.9 Å². The summed E-state index contributed by atoms with van der Waals surface area (Å²) >= 11 is 7.45. The molecule has 1 fully saturated rings. The second-order valence-electron chi connectivity index (χ2n) is 8.04. The van der Waals surface area contributed by atoms with Gasteiger partial charge in [0.05, 0.1) is 23.1 Å². The van der Waals surface area contributed by atoms with E-state index in [-0.39, 0.29) is 5.91 Å². The first-order valence-electron chi connectivity index (χ1n) is 11.0. The number of carbonyl (C=O) groups excluding carboxylic acids is 1. The van der Waals surface area contributed by atoms with E-state index in [2.05, 4.69) is 31.2 Å². The summed E-state index contributed by atoms with van der Waals surface area (Å²) in [7, 11) is 1.70. The highest BCUT2D eigenvalue weighted by Crippen LogP contribution is 2.36. The van der Waals surface area contributed by atoms with Crippen LogP contribution < -0.4 is 19.9 Å². The van der Waals surface area contributed by atoms with Gasteiger partial charge in [0.1, 0.15) is 22.7 Å². The number of benzene rings is 2. The highest BCUT2D eigenvalue weighted by molar-refractivity contribution is 7.20. The van der Waals surface area contributed by atoms with Gasteiger partial charge >= 0.3 is 0 Å². The largest absolute Gasteiger partial charge is 0.495 e. The van der Waals surface area contributed by atoms with Crippen molar-refractivity contribution in [3.05, 3.63) is 70.3 Å². The van der Waals surface area contributed by atoms with Crippen LogP contribution in [0.1, 0.15) is 15.2 Å². The average molecular weight is 494 g/mol. The van der Waals surface area contributed by atoms with Crippen LogP contribution in [0, 0.1) is 6.92 Å². The number of nitrogens with zero attached hydrogens (tertiary/aromatic N) is 4. The van der Waals surface area contributed by atoms with Gasteiger partial charge in [0, 0.05) is 36.9 Å². The van der Waals surface area contributed by atoms with Gasteiger partial charge in [-0.15, -0.1) is 11.3 Å². The molecule has 1 aliphatic heterocycles. The lowest BCUT2D eigenvalue weighted by Gasteiger charge is -2.37. The van der Waals surface area contributed by atoms with Crippen molar-refractivity contribution in [3.63, 3.8) is 0 Å². The Kier molecular flexibility index (Phi) is 6.26. The van der Waals surface area contributed by atoms with E-state index >= 15 is 0 Å². The highest BCUT2D eigenvalue weighted by Gasteiger charge is 2.25. The second kappa shape index (κ2) is 9.48. The van der Waals surface area contributed by atoms with Crippen molar-refractivity contribution >= 4 is 56.3 Å². The summed E-state index contributed by atoms with van der Waals surface area (Å²) in [4.78, 5) is 28.2. The molecule has 1 amide bonds. The zero-order chi connectivity index (χ0) is 23.7. The Labute approximate surface area is 207 Å². The number of aromatic nitrogens is 2. The number of nitrogens with one attached hydrogen (secondary N) is 1. The van der Waals surface area contributed by atoms with E-state index in [1.807, 2.05) is 37.3 Å². The lowest BCUT2D eigenvalue weighted by Crippen LogP contribution is -2.47. The van der Waals surface area contributed by atoms with Crippen LogP contribution in [-0.4, -0.2) is 49.2 Å². The number of hydrogen-bond acceptors (Lipinski definition) is 7. The third-order valence-corrected chi connectivity index (χ3v) is 7.43. The molecule has 0 atom stereocenters. The Balaban J connectivity index is 1.39. The average Bonchev–Trinajstić information content (AvgIpc) is 3.21. The first-order chi connectivity index (χ1) is 16.5. The minimum absolute atomic E-state index is 0.172. The van der Waals surface area contributed by atoms with Gasteiger partial charge in [-0.3, -0.25) is 4.79 Å². The van der Waals surface area contributed by atoms with Gasteiger partial charge in [0.2, 0.25) is 0 Å². The normalized spacial score (nSPS) is 13.9. The molecular formula is C25H24ClN5O2S. The number of carbonyl (C=O) groups is 1. The molecule has 2 aromatic carbocycles. The molecule has 0 aliphatic carbocycles. The molecule has 0 bridgehead atoms. The fourth-order valence-electron chi connectivity index (χ4n) is 4.31. The van der Waals surface area contributed by atoms with Crippen molar-refractivity contribution < 1.29 is 9.53 Å². The third kappa shape index (κ3) is 4.26. The molecule has 0 radical (unpaired) electrons. The van der Waals surface area contributed by atoms with Gasteiger partial charge in [0.15, 0.2) is 0 Å². The Morgan fingerprint density at radius 3 is 2.59 bits per heavy atom. The van der Waals surface area contributed by atoms with Gasteiger partial charge in [-0.2, -0.15) is 0 Å². The topological polar surface area (TPSA) is 70.6 Å². The number of thiophene rings is 1. The van der Waals surface area contributed by atoms with Crippen molar-refractivity contribution in [3.8, 4) is 5.75 Å². The summed E-state index contributed by atoms with van der Waals surface area (Å²) in [6.07, 6.45) is 1.58. The van der Waals surface area contributed by atoms with Crippen molar-refractivity contribution in [1.82, 2.24) is 9.97 Å². The number of rotatable bonds is 5. The molecule has 0 unspecified atom stereocenters. The molecule has 1 N–H and O–H groups in total. The van der Waals surface area contributed by atoms with Gasteiger partial charge in [-0.1, -0.05) is 29.8 Å². The van der Waals surface area contributed by atoms with Crippen LogP contribution in [0.4, 0.5) is 17.2 Å². The molecule has 5 rings (SSSR count). The Bertz CT molecular complexity index is 1350. The first-order valence-corrected chi connectivity index (χ1v) is 12.2. The standard InChI is InChI=1S/C25H24ClN5O2S/c1-16-21-23(31-12-10-30(11-13-31)19-8-3-4-9-20(19)33-2)27-15-28-25(21)34-22(16)24(32)29-18-7-5-6-17(26)14-18/h3-9,14-15H,10-13H2,1-2H3,(H,29,32). The lowest BCUT2D eigenvalue weighted by molar-refractivity contribution is 0.103. The number of methoxy groups -OCH3 is 1. The van der Waals surface area contributed by atoms with Crippen LogP contribution in [0.3, 0.4) is 0 Å². The maximum Gasteiger partial charge on any atom is 0.266 e. The Morgan fingerprint density at radius 2 is 1.82 bits per heavy atom. The van der Waals surface area contributed by atoms with Crippen LogP contribution in [0.25, 0.3) is 10.2 Å². The van der Waals surface area contributed by atoms with E-state index in [4.69, 9.17) is 16.3 Å². The van der Waals surface area contributed by atoms with Crippen molar-refractivity contribution in [1.29, 1.82) is 0 Å². The second-order valence-corrected chi connectivity index (χ2v) is 9.48. The fourth-order valence-corrected chi connectivity index (χ4v) is 5.54. The fraction of sp³-hybridized carbons (Fsp3) is 0.240. The van der Waals surface area contributed by atoms with Crippen molar-refractivity contribution in [2.75, 3.05) is 48.4 Å². The quantitative estimate of drug-likeness (QED) is 0.410. The van der Waals surface area contributed by atoms with Crippen LogP contribution in [0.5, 0.6) is 5.75 Å². The molecule has 0 saturated carbocycles. The van der Waals surface area contributed by atoms with Crippen molar-refractivity contribution in [2.45, 2.75) is 6.92 Å². The zero-order valence-corrected chi connectivity index (χ0v) is 20.5. The van der Waals surface area contributed by atoms with E-state index in [0.717, 1.165) is 59.2 Å². The molecule has 3 heterocycles. The van der Waals surface area contributed by atoms with Crippen LogP contribution in [0.15, 0.2) is 54.9 Å². The molecule has 2 aromatic heterocycles. The van der Waals surface area contributed by atoms with E-state index in [1.54, 1.807) is 25.6 Å². The predicted molar refractivity (Wildman–Crippen MR) is 139 cm³/mol. The minimum Gasteiger partial charge on any atom is -0.495 e. The van der Waals surface area contributed by atoms with E-state index < -0.39 is 0 Å². The SMILES string of the molecule is COc1ccccc1N1CCN(c2ncnc3sc(C(=O)Nc4cccc(Cl)c4)c(C)c23)CC1. The summed E-state index contributed by atoms with van der Waals surface area (Å²) in [6.45, 7) is 5.27. The summed E-state index contributed by atoms with van der Waals surface area (Å²) in [5.41, 5.74) is 2.65. The number of anilines is 3.